The molecule has 0 saturated carbocycles. The van der Waals surface area contributed by atoms with Gasteiger partial charge in [-0.05, 0) is 36.4 Å². The molecule has 4 heterocycles. The number of hydrogen-bond acceptors (Lipinski definition) is 16. The number of aromatic hydroxyl groups is 2. The molecule has 2 unspecified atom stereocenters. The number of phenolic OH excluding ortho intramolecular Hbond substituents is 2. The van der Waals surface area contributed by atoms with E-state index in [1.807, 2.05) is 14.1 Å². The Morgan fingerprint density at radius 3 is 2.60 bits per heavy atom. The van der Waals surface area contributed by atoms with Gasteiger partial charge in [0.1, 0.15) is 23.7 Å². The molecule has 3 aromatic rings. The second kappa shape index (κ2) is 15.9. The van der Waals surface area contributed by atoms with Crippen molar-refractivity contribution in [2.75, 3.05) is 45.2 Å². The summed E-state index contributed by atoms with van der Waals surface area (Å²) in [5.41, 5.74) is 4.86. The predicted octanol–water partition coefficient (Wildman–Crippen LogP) is -4.12. The number of halogens is 1. The second-order valence-electron chi connectivity index (χ2n) is 12.7. The predicted molar refractivity (Wildman–Crippen MR) is 183 cm³/mol. The van der Waals surface area contributed by atoms with Crippen LogP contribution in [0.4, 0.5) is 5.13 Å². The van der Waals surface area contributed by atoms with Crippen molar-refractivity contribution in [3.63, 3.8) is 0 Å². The van der Waals surface area contributed by atoms with E-state index in [0.717, 1.165) is 16.9 Å². The fourth-order valence-corrected chi connectivity index (χ4v) is 7.28. The van der Waals surface area contributed by atoms with E-state index in [1.165, 1.54) is 52.7 Å². The molecule has 2 aliphatic heterocycles. The van der Waals surface area contributed by atoms with Gasteiger partial charge in [0.25, 0.3) is 17.7 Å². The first-order chi connectivity index (χ1) is 23.9. The average Bonchev–Trinajstić information content (AvgIpc) is 3.69. The smallest absolute Gasteiger partial charge is 0.546 e. The van der Waals surface area contributed by atoms with Gasteiger partial charge < -0.3 is 45.8 Å². The number of anilines is 1. The average molecular weight is 787 g/mol. The minimum atomic E-state index is -1.88. The van der Waals surface area contributed by atoms with E-state index in [9.17, 15) is 34.5 Å². The maximum absolute atomic E-state index is 13.8. The van der Waals surface area contributed by atoms with Crippen LogP contribution in [0.5, 0.6) is 11.5 Å². The normalized spacial score (nSPS) is 17.5. The number of tetrazole rings is 1. The van der Waals surface area contributed by atoms with E-state index in [0.29, 0.717) is 34.8 Å². The summed E-state index contributed by atoms with van der Waals surface area (Å²) in [5, 5.41) is 52.8. The van der Waals surface area contributed by atoms with E-state index in [2.05, 4.69) is 36.3 Å². The summed E-state index contributed by atoms with van der Waals surface area (Å²) in [5.74, 6) is -3.64. The van der Waals surface area contributed by atoms with Gasteiger partial charge in [0.15, 0.2) is 33.8 Å². The van der Waals surface area contributed by atoms with Crippen LogP contribution in [0.2, 0.25) is 5.02 Å². The van der Waals surface area contributed by atoms with Gasteiger partial charge in [-0.1, -0.05) is 16.8 Å². The molecule has 0 bridgehead atoms. The number of nitrogen functional groups attached to an aromatic ring is 1. The summed E-state index contributed by atoms with van der Waals surface area (Å²) < 4.78 is 1.80. The molecule has 6 N–H and O–H groups in total. The first-order valence-electron chi connectivity index (χ1n) is 15.1. The molecule has 0 radical (unpaired) electrons. The van der Waals surface area contributed by atoms with Gasteiger partial charge in [-0.2, -0.15) is 0 Å². The van der Waals surface area contributed by atoms with Crippen LogP contribution in [0.15, 0.2) is 28.2 Å². The van der Waals surface area contributed by atoms with Gasteiger partial charge in [-0.25, -0.2) is 9.67 Å². The Morgan fingerprint density at radius 2 is 1.98 bits per heavy atom. The Morgan fingerprint density at radius 1 is 1.27 bits per heavy atom. The summed E-state index contributed by atoms with van der Waals surface area (Å²) >= 11 is 8.48. The van der Waals surface area contributed by atoms with Gasteiger partial charge in [0.05, 0.1) is 49.4 Å². The number of carboxylic acids is 1. The zero-order chi connectivity index (χ0) is 37.4. The SMILES string of the molecule is Cn1nnnc1C1=C(C[N+](C)(C)CCNC(=O)c2ccc(O)c(O)c2Cl)CSC2C(NC(=O)/C(=N\OC(C)(C)C(=O)[O-])c3csc(N)n3)C(=O)N12.[Na+]. The van der Waals surface area contributed by atoms with Crippen molar-refractivity contribution in [1.29, 1.82) is 0 Å². The first kappa shape index (κ1) is 40.8. The molecule has 3 amide bonds. The molecule has 272 valence electrons. The number of quaternary nitrogens is 1. The number of nitrogens with zero attached hydrogens (tertiary/aromatic N) is 8. The molecule has 1 fully saturated rings. The number of aliphatic carboxylic acids is 1. The third-order valence-corrected chi connectivity index (χ3v) is 10.4. The van der Waals surface area contributed by atoms with Crippen LogP contribution in [-0.4, -0.2) is 131 Å². The van der Waals surface area contributed by atoms with Crippen molar-refractivity contribution in [3.05, 3.63) is 45.2 Å². The largest absolute Gasteiger partial charge is 1.00 e. The summed E-state index contributed by atoms with van der Waals surface area (Å²) in [6, 6.07) is 1.48. The van der Waals surface area contributed by atoms with Crippen molar-refractivity contribution in [2.24, 2.45) is 12.2 Å². The van der Waals surface area contributed by atoms with Gasteiger partial charge in [-0.3, -0.25) is 19.3 Å². The number of carboxylic acid groups (broad SMARTS) is 1. The van der Waals surface area contributed by atoms with Crippen molar-refractivity contribution in [1.82, 2.24) is 40.7 Å². The standard InChI is InChI=1S/C29H34ClN11O8S2.Na/c1-29(2,27(47)48)49-36-18(15-12-51-28(31)33-15)24(45)34-19-25(46)40-20(22-35-37-38-39(22)3)13(11-50-26(19)40)10-41(4,5)9-8-32-23(44)14-6-7-16(42)21(43)17(14)30;/h6-7,12,19,26H,8-11H2,1-5H3,(H6-,31,32,33,34,36,37,38,42,43,44,45,47,48);/q;+1. The van der Waals surface area contributed by atoms with Crippen LogP contribution in [0.25, 0.3) is 5.70 Å². The molecule has 2 atom stereocenters. The Labute approximate surface area is 332 Å². The molecule has 23 heteroatoms. The number of carbonyl (C=O) groups is 4. The number of benzene rings is 1. The van der Waals surface area contributed by atoms with E-state index in [1.54, 1.807) is 7.05 Å². The van der Waals surface area contributed by atoms with E-state index in [4.69, 9.17) is 22.2 Å². The number of nitrogens with two attached hydrogens (primary N) is 1. The molecular formula is C29H34ClN11NaO8S2+. The van der Waals surface area contributed by atoms with E-state index >= 15 is 0 Å². The van der Waals surface area contributed by atoms with Crippen LogP contribution < -0.4 is 51.0 Å². The number of thiazole rings is 1. The van der Waals surface area contributed by atoms with Gasteiger partial charge in [0, 0.05) is 23.8 Å². The van der Waals surface area contributed by atoms with Crippen molar-refractivity contribution in [3.8, 4) is 11.5 Å². The Kier molecular flexibility index (Phi) is 12.5. The molecule has 2 aromatic heterocycles. The maximum Gasteiger partial charge on any atom is 1.00 e. The van der Waals surface area contributed by atoms with Gasteiger partial charge in [-0.15, -0.1) is 28.2 Å². The van der Waals surface area contributed by atoms with Crippen molar-refractivity contribution in [2.45, 2.75) is 30.9 Å². The molecule has 5 rings (SSSR count). The number of likely N-dealkylation sites (N-methyl/N-ethyl adjacent to an activating group) is 1. The molecular weight excluding hydrogens is 753 g/mol. The fraction of sp³-hybridized carbons (Fsp3) is 0.414. The number of carbonyl (C=O) groups excluding carboxylic acids is 4. The zero-order valence-corrected chi connectivity index (χ0v) is 33.3. The number of aryl methyl sites for hydroxylation is 1. The second-order valence-corrected chi connectivity index (χ2v) is 15.1. The zero-order valence-electron chi connectivity index (χ0n) is 28.9. The summed E-state index contributed by atoms with van der Waals surface area (Å²) in [4.78, 5) is 62.2. The van der Waals surface area contributed by atoms with Crippen LogP contribution in [0.1, 0.15) is 35.7 Å². The number of β-lactam (4-membered cyclic amide) rings is 1. The van der Waals surface area contributed by atoms with E-state index in [-0.39, 0.29) is 63.2 Å². The Bertz CT molecular complexity index is 1970. The quantitative estimate of drug-likeness (QED) is 0.0276. The van der Waals surface area contributed by atoms with E-state index < -0.39 is 52.2 Å². The number of hydrogen-bond donors (Lipinski definition) is 5. The third kappa shape index (κ3) is 8.45. The fourth-order valence-electron chi connectivity index (χ4n) is 5.15. The molecule has 2 aliphatic rings. The number of thioether (sulfide) groups is 1. The minimum Gasteiger partial charge on any atom is -0.546 e. The number of phenols is 2. The van der Waals surface area contributed by atoms with Gasteiger partial charge in [0.2, 0.25) is 0 Å². The topological polar surface area (TPSA) is 263 Å². The summed E-state index contributed by atoms with van der Waals surface area (Å²) in [6.45, 7) is 3.50. The molecule has 1 aromatic carbocycles. The minimum absolute atomic E-state index is 0. The van der Waals surface area contributed by atoms with Gasteiger partial charge >= 0.3 is 29.6 Å². The molecule has 0 spiro atoms. The molecule has 0 aliphatic carbocycles. The number of fused-ring (bicyclic) bond motifs is 1. The molecule has 52 heavy (non-hydrogen) atoms. The Balaban J connectivity index is 0.00000605. The van der Waals surface area contributed by atoms with Crippen molar-refractivity contribution < 1.29 is 73.4 Å². The summed E-state index contributed by atoms with van der Waals surface area (Å²) in [7, 11) is 5.52. The Hall–Kier alpha value is -3.99. The monoisotopic (exact) mass is 786 g/mol. The number of oxime groups is 1. The number of amides is 3. The first-order valence-corrected chi connectivity index (χ1v) is 17.4. The number of nitrogens with one attached hydrogen (secondary N) is 2. The van der Waals surface area contributed by atoms with Crippen molar-refractivity contribution >= 4 is 74.9 Å². The number of aromatic nitrogens is 5. The molecule has 1 saturated heterocycles. The van der Waals surface area contributed by atoms with Crippen LogP contribution in [-0.2, 0) is 26.3 Å². The summed E-state index contributed by atoms with van der Waals surface area (Å²) in [6.07, 6.45) is 0. The molecule has 19 nitrogen and oxygen atoms in total. The third-order valence-electron chi connectivity index (χ3n) is 7.96. The number of rotatable bonds is 13. The van der Waals surface area contributed by atoms with Crippen LogP contribution >= 0.6 is 34.7 Å². The maximum atomic E-state index is 13.8. The van der Waals surface area contributed by atoms with Crippen LogP contribution in [0.3, 0.4) is 0 Å². The van der Waals surface area contributed by atoms with Crippen LogP contribution in [0, 0.1) is 0 Å².